The van der Waals surface area contributed by atoms with Crippen molar-refractivity contribution in [2.45, 2.75) is 20.1 Å². The first kappa shape index (κ1) is 14.3. The third kappa shape index (κ3) is 2.73. The molecule has 6 nitrogen and oxygen atoms in total. The van der Waals surface area contributed by atoms with Gasteiger partial charge in [0, 0.05) is 12.5 Å². The van der Waals surface area contributed by atoms with Crippen molar-refractivity contribution in [2.75, 3.05) is 12.4 Å². The lowest BCUT2D eigenvalue weighted by Gasteiger charge is -2.01. The van der Waals surface area contributed by atoms with Gasteiger partial charge in [-0.15, -0.1) is 0 Å². The number of nitrogens with one attached hydrogen (secondary N) is 1. The monoisotopic (exact) mass is 299 g/mol. The van der Waals surface area contributed by atoms with Gasteiger partial charge < -0.3 is 14.5 Å². The molecule has 0 saturated carbocycles. The normalized spacial score (nSPS) is 11.0. The number of methoxy groups -OCH3 is 1. The Morgan fingerprint density at radius 3 is 3.09 bits per heavy atom. The van der Waals surface area contributed by atoms with Crippen LogP contribution in [0.4, 0.5) is 5.69 Å². The number of fused-ring (bicyclic) bond motifs is 1. The van der Waals surface area contributed by atoms with Crippen LogP contribution in [0, 0.1) is 0 Å². The van der Waals surface area contributed by atoms with Crippen molar-refractivity contribution < 1.29 is 13.9 Å². The van der Waals surface area contributed by atoms with E-state index >= 15 is 0 Å². The van der Waals surface area contributed by atoms with Crippen LogP contribution in [-0.4, -0.2) is 22.8 Å². The fourth-order valence-electron chi connectivity index (χ4n) is 2.30. The van der Waals surface area contributed by atoms with Gasteiger partial charge in [0.2, 0.25) is 0 Å². The van der Waals surface area contributed by atoms with Gasteiger partial charge in [0.25, 0.3) is 5.91 Å². The van der Waals surface area contributed by atoms with E-state index in [2.05, 4.69) is 17.3 Å². The number of carbonyl (C=O) groups is 1. The molecule has 3 rings (SSSR count). The topological polar surface area (TPSA) is 69.3 Å². The van der Waals surface area contributed by atoms with E-state index in [9.17, 15) is 4.79 Å². The van der Waals surface area contributed by atoms with Gasteiger partial charge in [-0.2, -0.15) is 5.10 Å². The van der Waals surface area contributed by atoms with Crippen molar-refractivity contribution in [3.8, 4) is 0 Å². The predicted octanol–water partition coefficient (Wildman–Crippen LogP) is 3.05. The van der Waals surface area contributed by atoms with Crippen LogP contribution in [0.5, 0.6) is 0 Å². The highest BCUT2D eigenvalue weighted by Crippen LogP contribution is 2.23. The van der Waals surface area contributed by atoms with Crippen molar-refractivity contribution in [2.24, 2.45) is 0 Å². The smallest absolute Gasteiger partial charge is 0.259 e. The quantitative estimate of drug-likeness (QED) is 0.786. The summed E-state index contributed by atoms with van der Waals surface area (Å²) >= 11 is 0. The molecule has 0 aliphatic rings. The molecule has 2 aromatic heterocycles. The van der Waals surface area contributed by atoms with E-state index in [1.54, 1.807) is 24.2 Å². The number of ether oxygens (including phenoxy) is 1. The highest BCUT2D eigenvalue weighted by molar-refractivity contribution is 6.12. The van der Waals surface area contributed by atoms with Crippen LogP contribution in [0.15, 0.2) is 41.3 Å². The van der Waals surface area contributed by atoms with Gasteiger partial charge >= 0.3 is 0 Å². The average molecular weight is 299 g/mol. The van der Waals surface area contributed by atoms with Crippen molar-refractivity contribution >= 4 is 22.6 Å². The van der Waals surface area contributed by atoms with Crippen LogP contribution in [0.1, 0.15) is 22.8 Å². The Labute approximate surface area is 127 Å². The van der Waals surface area contributed by atoms with Crippen LogP contribution in [0.25, 0.3) is 11.0 Å². The first-order valence-corrected chi connectivity index (χ1v) is 7.04. The standard InChI is InChI=1S/C16H17N3O3/c1-3-11-4-5-15-13(6-11)14(9-22-15)16(20)18-12-7-17-19(8-12)10-21-2/h4-9H,3,10H2,1-2H3,(H,18,20). The molecule has 1 N–H and O–H groups in total. The van der Waals surface area contributed by atoms with Crippen molar-refractivity contribution in [1.29, 1.82) is 0 Å². The zero-order valence-electron chi connectivity index (χ0n) is 12.5. The third-order valence-corrected chi connectivity index (χ3v) is 3.44. The number of aryl methyl sites for hydroxylation is 1. The van der Waals surface area contributed by atoms with Gasteiger partial charge in [-0.25, -0.2) is 4.68 Å². The molecule has 114 valence electrons. The van der Waals surface area contributed by atoms with Crippen molar-refractivity contribution in [1.82, 2.24) is 9.78 Å². The second-order valence-electron chi connectivity index (χ2n) is 4.97. The third-order valence-electron chi connectivity index (χ3n) is 3.44. The summed E-state index contributed by atoms with van der Waals surface area (Å²) in [6.45, 7) is 2.41. The fraction of sp³-hybridized carbons (Fsp3) is 0.250. The van der Waals surface area contributed by atoms with Crippen molar-refractivity contribution in [3.05, 3.63) is 48.0 Å². The maximum atomic E-state index is 12.4. The lowest BCUT2D eigenvalue weighted by molar-refractivity contribution is 0.102. The van der Waals surface area contributed by atoms with Gasteiger partial charge in [0.05, 0.1) is 23.6 Å². The Morgan fingerprint density at radius 2 is 2.32 bits per heavy atom. The number of hydrogen-bond acceptors (Lipinski definition) is 4. The molecule has 0 radical (unpaired) electrons. The van der Waals surface area contributed by atoms with Gasteiger partial charge in [-0.3, -0.25) is 4.79 Å². The molecule has 1 amide bonds. The first-order chi connectivity index (χ1) is 10.7. The summed E-state index contributed by atoms with van der Waals surface area (Å²) in [6, 6.07) is 5.88. The minimum absolute atomic E-state index is 0.219. The van der Waals surface area contributed by atoms with E-state index in [1.165, 1.54) is 6.26 Å². The molecule has 0 aliphatic carbocycles. The first-order valence-electron chi connectivity index (χ1n) is 7.04. The molecule has 2 heterocycles. The number of amides is 1. The lowest BCUT2D eigenvalue weighted by atomic mass is 10.1. The Balaban J connectivity index is 1.84. The van der Waals surface area contributed by atoms with E-state index in [-0.39, 0.29) is 5.91 Å². The Morgan fingerprint density at radius 1 is 1.45 bits per heavy atom. The van der Waals surface area contributed by atoms with E-state index < -0.39 is 0 Å². The van der Waals surface area contributed by atoms with E-state index in [0.717, 1.165) is 17.4 Å². The van der Waals surface area contributed by atoms with Crippen molar-refractivity contribution in [3.63, 3.8) is 0 Å². The number of hydrogen-bond donors (Lipinski definition) is 1. The fourth-order valence-corrected chi connectivity index (χ4v) is 2.30. The van der Waals surface area contributed by atoms with E-state index in [1.807, 2.05) is 18.2 Å². The summed E-state index contributed by atoms with van der Waals surface area (Å²) in [6.07, 6.45) is 5.68. The maximum Gasteiger partial charge on any atom is 0.259 e. The van der Waals surface area contributed by atoms with E-state index in [0.29, 0.717) is 23.6 Å². The van der Waals surface area contributed by atoms with Crippen LogP contribution in [-0.2, 0) is 17.9 Å². The number of anilines is 1. The zero-order chi connectivity index (χ0) is 15.5. The molecule has 3 aromatic rings. The molecule has 0 bridgehead atoms. The number of furan rings is 1. The summed E-state index contributed by atoms with van der Waals surface area (Å²) in [5, 5.41) is 7.72. The molecule has 0 fully saturated rings. The molecular formula is C16H17N3O3. The largest absolute Gasteiger partial charge is 0.463 e. The molecule has 0 unspecified atom stereocenters. The minimum Gasteiger partial charge on any atom is -0.463 e. The Bertz CT molecular complexity index is 804. The molecule has 0 atom stereocenters. The van der Waals surface area contributed by atoms with E-state index in [4.69, 9.17) is 9.15 Å². The number of benzene rings is 1. The predicted molar refractivity (Wildman–Crippen MR) is 82.8 cm³/mol. The summed E-state index contributed by atoms with van der Waals surface area (Å²) in [5.41, 5.74) is 3.00. The summed E-state index contributed by atoms with van der Waals surface area (Å²) in [7, 11) is 1.59. The second-order valence-corrected chi connectivity index (χ2v) is 4.97. The molecule has 0 spiro atoms. The molecule has 22 heavy (non-hydrogen) atoms. The molecule has 6 heteroatoms. The Kier molecular flexibility index (Phi) is 3.93. The lowest BCUT2D eigenvalue weighted by Crippen LogP contribution is -2.10. The molecule has 1 aromatic carbocycles. The molecule has 0 saturated heterocycles. The number of aromatic nitrogens is 2. The minimum atomic E-state index is -0.219. The summed E-state index contributed by atoms with van der Waals surface area (Å²) in [5.74, 6) is -0.219. The number of carbonyl (C=O) groups excluding carboxylic acids is 1. The molecule has 0 aliphatic heterocycles. The summed E-state index contributed by atoms with van der Waals surface area (Å²) in [4.78, 5) is 12.4. The maximum absolute atomic E-state index is 12.4. The van der Waals surface area contributed by atoms with Crippen LogP contribution < -0.4 is 5.32 Å². The molecular weight excluding hydrogens is 282 g/mol. The summed E-state index contributed by atoms with van der Waals surface area (Å²) < 4.78 is 12.0. The van der Waals surface area contributed by atoms with Gasteiger partial charge in [0.15, 0.2) is 0 Å². The highest BCUT2D eigenvalue weighted by Gasteiger charge is 2.15. The SMILES string of the molecule is CCc1ccc2occ(C(=O)Nc3cnn(COC)c3)c2c1. The zero-order valence-corrected chi connectivity index (χ0v) is 12.5. The average Bonchev–Trinajstić information content (AvgIpc) is 3.13. The van der Waals surface area contributed by atoms with Gasteiger partial charge in [-0.1, -0.05) is 13.0 Å². The van der Waals surface area contributed by atoms with Gasteiger partial charge in [0.1, 0.15) is 18.6 Å². The van der Waals surface area contributed by atoms with Gasteiger partial charge in [-0.05, 0) is 24.1 Å². The van der Waals surface area contributed by atoms with Crippen LogP contribution in [0.2, 0.25) is 0 Å². The Hall–Kier alpha value is -2.60. The second kappa shape index (κ2) is 6.03. The number of nitrogens with zero attached hydrogens (tertiary/aromatic N) is 2. The van der Waals surface area contributed by atoms with Crippen LogP contribution in [0.3, 0.4) is 0 Å². The highest BCUT2D eigenvalue weighted by atomic mass is 16.5. The number of rotatable bonds is 5. The van der Waals surface area contributed by atoms with Crippen LogP contribution >= 0.6 is 0 Å².